The summed E-state index contributed by atoms with van der Waals surface area (Å²) >= 11 is 0. The molecule has 21 heavy (non-hydrogen) atoms. The quantitative estimate of drug-likeness (QED) is 0.846. The lowest BCUT2D eigenvalue weighted by Gasteiger charge is -2.10. The number of nitrogens with two attached hydrogens (primary N) is 1. The van der Waals surface area contributed by atoms with Crippen molar-refractivity contribution in [2.75, 3.05) is 25.0 Å². The molecule has 0 aromatic heterocycles. The molecule has 0 spiro atoms. The SMILES string of the molecule is COc1ccc(N)cc1C(=O)Nc1ccc2c(c1)OCO2. The van der Waals surface area contributed by atoms with E-state index in [0.29, 0.717) is 34.2 Å². The molecule has 1 aliphatic rings. The predicted octanol–water partition coefficient (Wildman–Crippen LogP) is 2.26. The topological polar surface area (TPSA) is 82.8 Å². The van der Waals surface area contributed by atoms with Gasteiger partial charge in [0.1, 0.15) is 5.75 Å². The van der Waals surface area contributed by atoms with Crippen molar-refractivity contribution in [3.05, 3.63) is 42.0 Å². The van der Waals surface area contributed by atoms with Crippen molar-refractivity contribution < 1.29 is 19.0 Å². The third-order valence-electron chi connectivity index (χ3n) is 3.10. The highest BCUT2D eigenvalue weighted by Gasteiger charge is 2.16. The van der Waals surface area contributed by atoms with E-state index in [2.05, 4.69) is 5.32 Å². The molecule has 0 atom stereocenters. The van der Waals surface area contributed by atoms with Gasteiger partial charge in [-0.25, -0.2) is 0 Å². The highest BCUT2D eigenvalue weighted by molar-refractivity contribution is 6.06. The lowest BCUT2D eigenvalue weighted by Crippen LogP contribution is -2.13. The maximum atomic E-state index is 12.3. The third kappa shape index (κ3) is 2.55. The van der Waals surface area contributed by atoms with Gasteiger partial charge in [0.25, 0.3) is 5.91 Å². The summed E-state index contributed by atoms with van der Waals surface area (Å²) in [5.74, 6) is 1.42. The Morgan fingerprint density at radius 2 is 2.00 bits per heavy atom. The van der Waals surface area contributed by atoms with E-state index in [1.165, 1.54) is 7.11 Å². The minimum atomic E-state index is -0.307. The van der Waals surface area contributed by atoms with Crippen LogP contribution in [0.15, 0.2) is 36.4 Å². The number of hydrogen-bond donors (Lipinski definition) is 2. The zero-order valence-electron chi connectivity index (χ0n) is 11.4. The second-order valence-electron chi connectivity index (χ2n) is 4.48. The van der Waals surface area contributed by atoms with Crippen molar-refractivity contribution in [2.45, 2.75) is 0 Å². The fraction of sp³-hybridized carbons (Fsp3) is 0.133. The number of hydrogen-bond acceptors (Lipinski definition) is 5. The Bertz CT molecular complexity index is 700. The summed E-state index contributed by atoms with van der Waals surface area (Å²) in [5.41, 5.74) is 7.18. The van der Waals surface area contributed by atoms with Crippen LogP contribution in [0.1, 0.15) is 10.4 Å². The molecule has 0 saturated heterocycles. The Labute approximate surface area is 121 Å². The largest absolute Gasteiger partial charge is 0.496 e. The Morgan fingerprint density at radius 1 is 1.19 bits per heavy atom. The van der Waals surface area contributed by atoms with Crippen LogP contribution in [0.4, 0.5) is 11.4 Å². The molecule has 0 saturated carbocycles. The lowest BCUT2D eigenvalue weighted by atomic mass is 10.1. The maximum absolute atomic E-state index is 12.3. The first-order valence-corrected chi connectivity index (χ1v) is 6.32. The lowest BCUT2D eigenvalue weighted by molar-refractivity contribution is 0.102. The highest BCUT2D eigenvalue weighted by Crippen LogP contribution is 2.34. The number of anilines is 2. The molecule has 6 nitrogen and oxygen atoms in total. The van der Waals surface area contributed by atoms with Crippen LogP contribution in [0.3, 0.4) is 0 Å². The van der Waals surface area contributed by atoms with Gasteiger partial charge in [0, 0.05) is 17.4 Å². The van der Waals surface area contributed by atoms with Crippen molar-refractivity contribution in [3.63, 3.8) is 0 Å². The fourth-order valence-electron chi connectivity index (χ4n) is 2.08. The van der Waals surface area contributed by atoms with Gasteiger partial charge in [0.2, 0.25) is 6.79 Å². The molecule has 1 aliphatic heterocycles. The second-order valence-corrected chi connectivity index (χ2v) is 4.48. The van der Waals surface area contributed by atoms with Crippen LogP contribution in [0.5, 0.6) is 17.2 Å². The number of methoxy groups -OCH3 is 1. The van der Waals surface area contributed by atoms with Gasteiger partial charge in [-0.2, -0.15) is 0 Å². The van der Waals surface area contributed by atoms with Gasteiger partial charge < -0.3 is 25.3 Å². The summed E-state index contributed by atoms with van der Waals surface area (Å²) in [5, 5.41) is 2.78. The van der Waals surface area contributed by atoms with Gasteiger partial charge in [0.05, 0.1) is 12.7 Å². The molecule has 2 aromatic carbocycles. The molecule has 108 valence electrons. The van der Waals surface area contributed by atoms with E-state index in [1.54, 1.807) is 36.4 Å². The number of fused-ring (bicyclic) bond motifs is 1. The summed E-state index contributed by atoms with van der Waals surface area (Å²) in [4.78, 5) is 12.3. The summed E-state index contributed by atoms with van der Waals surface area (Å²) in [7, 11) is 1.50. The van der Waals surface area contributed by atoms with E-state index in [1.807, 2.05) is 0 Å². The first kappa shape index (κ1) is 13.1. The van der Waals surface area contributed by atoms with Crippen LogP contribution in [0, 0.1) is 0 Å². The summed E-state index contributed by atoms with van der Waals surface area (Å²) in [6, 6.07) is 10.1. The minimum absolute atomic E-state index is 0.190. The monoisotopic (exact) mass is 286 g/mol. The average molecular weight is 286 g/mol. The van der Waals surface area contributed by atoms with E-state index in [-0.39, 0.29) is 12.7 Å². The first-order chi connectivity index (χ1) is 10.2. The fourth-order valence-corrected chi connectivity index (χ4v) is 2.08. The molecular formula is C15H14N2O4. The van der Waals surface area contributed by atoms with Gasteiger partial charge in [-0.05, 0) is 30.3 Å². The molecule has 2 aromatic rings. The molecule has 0 bridgehead atoms. The van der Waals surface area contributed by atoms with Gasteiger partial charge in [-0.15, -0.1) is 0 Å². The number of amides is 1. The van der Waals surface area contributed by atoms with E-state index in [0.717, 1.165) is 0 Å². The third-order valence-corrected chi connectivity index (χ3v) is 3.10. The smallest absolute Gasteiger partial charge is 0.259 e. The number of nitrogens with one attached hydrogen (secondary N) is 1. The molecule has 3 N–H and O–H groups in total. The molecule has 0 unspecified atom stereocenters. The zero-order chi connectivity index (χ0) is 14.8. The molecule has 0 fully saturated rings. The number of ether oxygens (including phenoxy) is 3. The minimum Gasteiger partial charge on any atom is -0.496 e. The van der Waals surface area contributed by atoms with Crippen molar-refractivity contribution in [2.24, 2.45) is 0 Å². The van der Waals surface area contributed by atoms with Crippen molar-refractivity contribution >= 4 is 17.3 Å². The number of nitrogen functional groups attached to an aromatic ring is 1. The van der Waals surface area contributed by atoms with E-state index in [9.17, 15) is 4.79 Å². The van der Waals surface area contributed by atoms with Gasteiger partial charge in [0.15, 0.2) is 11.5 Å². The van der Waals surface area contributed by atoms with E-state index < -0.39 is 0 Å². The Hall–Kier alpha value is -2.89. The molecule has 1 amide bonds. The molecular weight excluding hydrogens is 272 g/mol. The van der Waals surface area contributed by atoms with Crippen LogP contribution in [-0.4, -0.2) is 19.8 Å². The molecule has 1 heterocycles. The molecule has 0 radical (unpaired) electrons. The summed E-state index contributed by atoms with van der Waals surface area (Å²) in [6.07, 6.45) is 0. The normalized spacial score (nSPS) is 12.0. The van der Waals surface area contributed by atoms with E-state index in [4.69, 9.17) is 19.9 Å². The van der Waals surface area contributed by atoms with Crippen LogP contribution in [0.25, 0.3) is 0 Å². The average Bonchev–Trinajstić information content (AvgIpc) is 2.94. The number of carbonyl (C=O) groups excluding carboxylic acids is 1. The molecule has 0 aliphatic carbocycles. The van der Waals surface area contributed by atoms with Crippen LogP contribution in [-0.2, 0) is 0 Å². The number of rotatable bonds is 3. The number of carbonyl (C=O) groups is 1. The Morgan fingerprint density at radius 3 is 2.81 bits per heavy atom. The molecule has 6 heteroatoms. The Balaban J connectivity index is 1.85. The Kier molecular flexibility index (Phi) is 3.27. The van der Waals surface area contributed by atoms with Crippen LogP contribution >= 0.6 is 0 Å². The highest BCUT2D eigenvalue weighted by atomic mass is 16.7. The first-order valence-electron chi connectivity index (χ1n) is 6.32. The van der Waals surface area contributed by atoms with Crippen LogP contribution < -0.4 is 25.3 Å². The van der Waals surface area contributed by atoms with Gasteiger partial charge in [-0.3, -0.25) is 4.79 Å². The van der Waals surface area contributed by atoms with Gasteiger partial charge >= 0.3 is 0 Å². The summed E-state index contributed by atoms with van der Waals surface area (Å²) in [6.45, 7) is 0.190. The van der Waals surface area contributed by atoms with E-state index >= 15 is 0 Å². The van der Waals surface area contributed by atoms with Gasteiger partial charge in [-0.1, -0.05) is 0 Å². The second kappa shape index (κ2) is 5.24. The maximum Gasteiger partial charge on any atom is 0.259 e. The standard InChI is InChI=1S/C15H14N2O4/c1-19-12-4-2-9(16)6-11(12)15(18)17-10-3-5-13-14(7-10)21-8-20-13/h2-7H,8,16H2,1H3,(H,17,18). The zero-order valence-corrected chi connectivity index (χ0v) is 11.4. The number of benzene rings is 2. The van der Waals surface area contributed by atoms with Crippen molar-refractivity contribution in [1.82, 2.24) is 0 Å². The predicted molar refractivity (Wildman–Crippen MR) is 77.9 cm³/mol. The summed E-state index contributed by atoms with van der Waals surface area (Å²) < 4.78 is 15.7. The van der Waals surface area contributed by atoms with Crippen LogP contribution in [0.2, 0.25) is 0 Å². The van der Waals surface area contributed by atoms with Crippen molar-refractivity contribution in [3.8, 4) is 17.2 Å². The molecule has 3 rings (SSSR count). The van der Waals surface area contributed by atoms with Crippen molar-refractivity contribution in [1.29, 1.82) is 0 Å².